The van der Waals surface area contributed by atoms with Gasteiger partial charge in [0.2, 0.25) is 0 Å². The van der Waals surface area contributed by atoms with E-state index in [0.717, 1.165) is 60.2 Å². The van der Waals surface area contributed by atoms with Crippen LogP contribution in [0.15, 0.2) is 47.6 Å². The zero-order chi connectivity index (χ0) is 20.0. The van der Waals surface area contributed by atoms with Gasteiger partial charge in [0.05, 0.1) is 5.69 Å². The number of aliphatic imine (C=N–C) groups is 1. The summed E-state index contributed by atoms with van der Waals surface area (Å²) in [6, 6.07) is 12.5. The van der Waals surface area contributed by atoms with Crippen LogP contribution in [-0.2, 0) is 6.42 Å². The third-order valence-corrected chi connectivity index (χ3v) is 6.06. The fourth-order valence-electron chi connectivity index (χ4n) is 4.82. The highest BCUT2D eigenvalue weighted by molar-refractivity contribution is 5.98. The highest BCUT2D eigenvalue weighted by Crippen LogP contribution is 2.35. The number of nitrogens with one attached hydrogen (secondary N) is 2. The Bertz CT molecular complexity index is 1070. The lowest BCUT2D eigenvalue weighted by Crippen LogP contribution is -2.54. The zero-order valence-electron chi connectivity index (χ0n) is 17.0. The average Bonchev–Trinajstić information content (AvgIpc) is 3.28. The number of fused-ring (bicyclic) bond motifs is 2. The van der Waals surface area contributed by atoms with E-state index in [4.69, 9.17) is 4.99 Å². The predicted octanol–water partition coefficient (Wildman–Crippen LogP) is 4.67. The number of hydrogen-bond donors (Lipinski definition) is 2. The van der Waals surface area contributed by atoms with Gasteiger partial charge in [-0.25, -0.2) is 4.39 Å². The molecular weight excluding hydrogens is 363 g/mol. The first-order valence-corrected chi connectivity index (χ1v) is 10.5. The molecule has 0 amide bonds. The molecule has 2 aliphatic heterocycles. The van der Waals surface area contributed by atoms with Crippen molar-refractivity contribution in [1.29, 1.82) is 0 Å². The van der Waals surface area contributed by atoms with Gasteiger partial charge >= 0.3 is 0 Å². The van der Waals surface area contributed by atoms with Gasteiger partial charge in [-0.1, -0.05) is 6.07 Å². The minimum atomic E-state index is -0.217. The summed E-state index contributed by atoms with van der Waals surface area (Å²) in [5.74, 6) is -0.217. The quantitative estimate of drug-likeness (QED) is 0.680. The van der Waals surface area contributed by atoms with Crippen LogP contribution in [0.2, 0.25) is 0 Å². The number of nitrogens with zero attached hydrogens (tertiary/aromatic N) is 2. The highest BCUT2D eigenvalue weighted by Gasteiger charge is 2.22. The number of halogens is 1. The van der Waals surface area contributed by atoms with Crippen LogP contribution in [0.1, 0.15) is 25.8 Å². The van der Waals surface area contributed by atoms with E-state index < -0.39 is 0 Å². The number of piperazine rings is 1. The van der Waals surface area contributed by atoms with Crippen molar-refractivity contribution < 1.29 is 4.39 Å². The Hall–Kier alpha value is -2.50. The molecular formula is C24H27FN4. The van der Waals surface area contributed by atoms with Gasteiger partial charge in [0.15, 0.2) is 0 Å². The Morgan fingerprint density at radius 2 is 1.93 bits per heavy atom. The minimum absolute atomic E-state index is 0.217. The first kappa shape index (κ1) is 18.5. The number of benzene rings is 2. The van der Waals surface area contributed by atoms with Gasteiger partial charge in [-0.2, -0.15) is 0 Å². The van der Waals surface area contributed by atoms with E-state index in [9.17, 15) is 4.39 Å². The molecule has 4 nitrogen and oxygen atoms in total. The lowest BCUT2D eigenvalue weighted by Gasteiger charge is -2.36. The first-order chi connectivity index (χ1) is 14.0. The van der Waals surface area contributed by atoms with Crippen LogP contribution >= 0.6 is 0 Å². The summed E-state index contributed by atoms with van der Waals surface area (Å²) < 4.78 is 13.5. The van der Waals surface area contributed by atoms with Crippen molar-refractivity contribution >= 4 is 22.3 Å². The molecule has 0 saturated carbocycles. The van der Waals surface area contributed by atoms with Gasteiger partial charge in [0, 0.05) is 66.5 Å². The van der Waals surface area contributed by atoms with Crippen LogP contribution in [0.5, 0.6) is 0 Å². The summed E-state index contributed by atoms with van der Waals surface area (Å²) in [6.45, 7) is 7.80. The van der Waals surface area contributed by atoms with Crippen molar-refractivity contribution in [3.63, 3.8) is 0 Å². The third kappa shape index (κ3) is 3.72. The van der Waals surface area contributed by atoms with Crippen LogP contribution < -0.4 is 5.32 Å². The molecule has 1 fully saturated rings. The minimum Gasteiger partial charge on any atom is -0.360 e. The van der Waals surface area contributed by atoms with E-state index in [2.05, 4.69) is 47.2 Å². The largest absolute Gasteiger partial charge is 0.360 e. The molecule has 0 aliphatic carbocycles. The second kappa shape index (κ2) is 7.39. The van der Waals surface area contributed by atoms with Crippen molar-refractivity contribution in [3.05, 3.63) is 54.0 Å². The Kier molecular flexibility index (Phi) is 4.72. The number of rotatable bonds is 4. The van der Waals surface area contributed by atoms with Crippen LogP contribution in [0.4, 0.5) is 10.1 Å². The fourth-order valence-corrected chi connectivity index (χ4v) is 4.82. The van der Waals surface area contributed by atoms with E-state index in [-0.39, 0.29) is 5.82 Å². The van der Waals surface area contributed by atoms with Crippen molar-refractivity contribution in [1.82, 2.24) is 15.2 Å². The zero-order valence-corrected chi connectivity index (χ0v) is 17.0. The number of aromatic amines is 1. The number of aromatic nitrogens is 1. The predicted molar refractivity (Wildman–Crippen MR) is 118 cm³/mol. The lowest BCUT2D eigenvalue weighted by molar-refractivity contribution is 0.177. The summed E-state index contributed by atoms with van der Waals surface area (Å²) in [4.78, 5) is 10.6. The molecule has 3 heterocycles. The maximum absolute atomic E-state index is 13.5. The molecule has 0 radical (unpaired) electrons. The summed E-state index contributed by atoms with van der Waals surface area (Å²) in [6.07, 6.45) is 3.92. The average molecular weight is 391 g/mol. The lowest BCUT2D eigenvalue weighted by atomic mass is 9.99. The molecule has 2 N–H and O–H groups in total. The van der Waals surface area contributed by atoms with Gasteiger partial charge in [0.25, 0.3) is 0 Å². The van der Waals surface area contributed by atoms with E-state index in [0.29, 0.717) is 12.1 Å². The van der Waals surface area contributed by atoms with Crippen molar-refractivity contribution in [2.24, 2.45) is 4.99 Å². The molecule has 1 aromatic heterocycles. The Balaban J connectivity index is 1.29. The third-order valence-electron chi connectivity index (χ3n) is 6.06. The van der Waals surface area contributed by atoms with E-state index in [1.807, 2.05) is 12.3 Å². The molecule has 0 spiro atoms. The number of H-pyrrole nitrogens is 1. The van der Waals surface area contributed by atoms with E-state index in [1.54, 1.807) is 6.07 Å². The van der Waals surface area contributed by atoms with Crippen LogP contribution in [0.25, 0.3) is 22.0 Å². The van der Waals surface area contributed by atoms with Crippen LogP contribution in [0, 0.1) is 5.82 Å². The van der Waals surface area contributed by atoms with Gasteiger partial charge in [-0.3, -0.25) is 9.89 Å². The molecule has 0 bridgehead atoms. The monoisotopic (exact) mass is 390 g/mol. The van der Waals surface area contributed by atoms with E-state index >= 15 is 0 Å². The second-order valence-electron chi connectivity index (χ2n) is 8.57. The summed E-state index contributed by atoms with van der Waals surface area (Å²) in [5, 5.41) is 4.64. The molecule has 2 aromatic carbocycles. The fraction of sp³-hybridized carbons (Fsp3) is 0.375. The summed E-state index contributed by atoms with van der Waals surface area (Å²) >= 11 is 0. The highest BCUT2D eigenvalue weighted by atomic mass is 19.1. The van der Waals surface area contributed by atoms with Crippen LogP contribution in [0.3, 0.4) is 0 Å². The molecule has 5 heteroatoms. The van der Waals surface area contributed by atoms with Crippen LogP contribution in [-0.4, -0.2) is 47.3 Å². The molecule has 0 unspecified atom stereocenters. The Morgan fingerprint density at radius 1 is 1.10 bits per heavy atom. The molecule has 1 saturated heterocycles. The Labute approximate surface area is 170 Å². The first-order valence-electron chi connectivity index (χ1n) is 10.5. The summed E-state index contributed by atoms with van der Waals surface area (Å²) in [7, 11) is 0. The van der Waals surface area contributed by atoms with Gasteiger partial charge < -0.3 is 10.3 Å². The maximum Gasteiger partial charge on any atom is 0.125 e. The Morgan fingerprint density at radius 3 is 2.76 bits per heavy atom. The SMILES string of the molecule is C[C@H]1CN(CCC2=Nc3ccc(-c4c[nH]c5cc(F)ccc45)cc3C2)C[C@H](C)N1. The molecule has 2 atom stereocenters. The molecule has 150 valence electrons. The molecule has 2 aliphatic rings. The second-order valence-corrected chi connectivity index (χ2v) is 8.57. The van der Waals surface area contributed by atoms with Crippen molar-refractivity contribution in [3.8, 4) is 11.1 Å². The maximum atomic E-state index is 13.5. The summed E-state index contributed by atoms with van der Waals surface area (Å²) in [5.41, 5.74) is 6.75. The van der Waals surface area contributed by atoms with Gasteiger partial charge in [-0.15, -0.1) is 0 Å². The van der Waals surface area contributed by atoms with Gasteiger partial charge in [-0.05, 0) is 61.7 Å². The topological polar surface area (TPSA) is 43.4 Å². The van der Waals surface area contributed by atoms with Crippen molar-refractivity contribution in [2.75, 3.05) is 19.6 Å². The van der Waals surface area contributed by atoms with Gasteiger partial charge in [0.1, 0.15) is 5.82 Å². The molecule has 5 rings (SSSR count). The standard InChI is InChI=1S/C24H27FN4/c1-15-13-29(14-16(2)27-15)8-7-20-10-18-9-17(3-6-23(18)28-20)22-12-26-24-11-19(25)4-5-21(22)24/h3-6,9,11-12,15-16,26-27H,7-8,10,13-14H2,1-2H3/t15-,16-/m0/s1. The molecule has 29 heavy (non-hydrogen) atoms. The number of hydrogen-bond acceptors (Lipinski definition) is 3. The molecule has 3 aromatic rings. The normalized spacial score (nSPS) is 22.1. The van der Waals surface area contributed by atoms with E-state index in [1.165, 1.54) is 17.3 Å². The smallest absolute Gasteiger partial charge is 0.125 e. The van der Waals surface area contributed by atoms with Crippen molar-refractivity contribution in [2.45, 2.75) is 38.8 Å².